The number of rotatable bonds is 6. The zero-order valence-electron chi connectivity index (χ0n) is 11.3. The van der Waals surface area contributed by atoms with E-state index < -0.39 is 0 Å². The van der Waals surface area contributed by atoms with Crippen molar-refractivity contribution in [3.8, 4) is 0 Å². The number of benzene rings is 1. The summed E-state index contributed by atoms with van der Waals surface area (Å²) in [7, 11) is 1.99. The molecular weight excluding hydrogens is 351 g/mol. The Morgan fingerprint density at radius 2 is 2.05 bits per heavy atom. The largest absolute Gasteiger partial charge is 0.313 e. The highest BCUT2D eigenvalue weighted by atomic mass is 127. The minimum absolute atomic E-state index is 0.275. The Kier molecular flexibility index (Phi) is 5.33. The van der Waals surface area contributed by atoms with Gasteiger partial charge in [-0.25, -0.2) is 4.98 Å². The number of hydrogen-bond acceptors (Lipinski definition) is 3. The highest BCUT2D eigenvalue weighted by Crippen LogP contribution is 2.18. The van der Waals surface area contributed by atoms with Crippen molar-refractivity contribution in [2.45, 2.75) is 32.4 Å². The maximum absolute atomic E-state index is 4.38. The molecule has 0 spiro atoms. The maximum atomic E-state index is 4.38. The van der Waals surface area contributed by atoms with Gasteiger partial charge in [-0.05, 0) is 53.8 Å². The molecule has 0 saturated heterocycles. The first kappa shape index (κ1) is 14.5. The summed E-state index contributed by atoms with van der Waals surface area (Å²) in [5.41, 5.74) is 1.29. The molecule has 0 saturated carbocycles. The predicted octanol–water partition coefficient (Wildman–Crippen LogP) is 2.80. The molecule has 0 aliphatic carbocycles. The monoisotopic (exact) mass is 370 g/mol. The molecule has 0 radical (unpaired) electrons. The topological polar surface area (TPSA) is 42.7 Å². The number of hydrogen-bond donors (Lipinski definition) is 1. The quantitative estimate of drug-likeness (QED) is 0.796. The summed E-state index contributed by atoms with van der Waals surface area (Å²) in [4.78, 5) is 4.38. The molecule has 0 aliphatic rings. The van der Waals surface area contributed by atoms with E-state index in [2.05, 4.69) is 69.2 Å². The summed E-state index contributed by atoms with van der Waals surface area (Å²) in [6.45, 7) is 3.08. The van der Waals surface area contributed by atoms with Crippen LogP contribution in [-0.4, -0.2) is 21.8 Å². The lowest BCUT2D eigenvalue weighted by Gasteiger charge is -2.16. The molecule has 1 atom stereocenters. The van der Waals surface area contributed by atoms with Gasteiger partial charge in [-0.15, -0.1) is 0 Å². The van der Waals surface area contributed by atoms with Crippen LogP contribution in [0, 0.1) is 3.57 Å². The number of aromatic nitrogens is 3. The van der Waals surface area contributed by atoms with Crippen LogP contribution in [0.25, 0.3) is 0 Å². The van der Waals surface area contributed by atoms with Crippen LogP contribution in [0.4, 0.5) is 0 Å². The summed E-state index contributed by atoms with van der Waals surface area (Å²) in [5, 5.41) is 7.64. The van der Waals surface area contributed by atoms with Gasteiger partial charge in [0.2, 0.25) is 0 Å². The van der Waals surface area contributed by atoms with Crippen molar-refractivity contribution in [3.63, 3.8) is 0 Å². The van der Waals surface area contributed by atoms with Crippen LogP contribution in [0.2, 0.25) is 0 Å². The second-order valence-electron chi connectivity index (χ2n) is 4.50. The van der Waals surface area contributed by atoms with E-state index in [9.17, 15) is 0 Å². The second-order valence-corrected chi connectivity index (χ2v) is 5.74. The van der Waals surface area contributed by atoms with Crippen molar-refractivity contribution in [3.05, 3.63) is 45.6 Å². The molecule has 4 nitrogen and oxygen atoms in total. The molecule has 0 aliphatic heterocycles. The average Bonchev–Trinajstić information content (AvgIpc) is 2.85. The molecule has 2 rings (SSSR count). The Morgan fingerprint density at radius 3 is 2.68 bits per heavy atom. The van der Waals surface area contributed by atoms with Crippen LogP contribution >= 0.6 is 22.6 Å². The molecule has 1 aromatic heterocycles. The zero-order valence-corrected chi connectivity index (χ0v) is 13.5. The summed E-state index contributed by atoms with van der Waals surface area (Å²) >= 11 is 2.32. The molecular formula is C14H19IN4. The lowest BCUT2D eigenvalue weighted by molar-refractivity contribution is 0.517. The first-order valence-electron chi connectivity index (χ1n) is 6.54. The summed E-state index contributed by atoms with van der Waals surface area (Å²) < 4.78 is 3.25. The molecule has 1 N–H and O–H groups in total. The zero-order chi connectivity index (χ0) is 13.7. The van der Waals surface area contributed by atoms with Gasteiger partial charge in [0.05, 0.1) is 0 Å². The molecule has 1 heterocycles. The van der Waals surface area contributed by atoms with Gasteiger partial charge < -0.3 is 5.32 Å². The molecule has 5 heteroatoms. The summed E-state index contributed by atoms with van der Waals surface area (Å²) in [6.07, 6.45) is 3.58. The van der Waals surface area contributed by atoms with E-state index in [0.29, 0.717) is 0 Å². The molecule has 0 amide bonds. The van der Waals surface area contributed by atoms with Crippen molar-refractivity contribution >= 4 is 22.6 Å². The molecule has 0 bridgehead atoms. The molecule has 102 valence electrons. The van der Waals surface area contributed by atoms with Crippen LogP contribution < -0.4 is 5.32 Å². The Morgan fingerprint density at radius 1 is 1.32 bits per heavy atom. The fourth-order valence-corrected chi connectivity index (χ4v) is 2.47. The van der Waals surface area contributed by atoms with Gasteiger partial charge in [0.15, 0.2) is 0 Å². The predicted molar refractivity (Wildman–Crippen MR) is 85.0 cm³/mol. The van der Waals surface area contributed by atoms with Gasteiger partial charge in [0.25, 0.3) is 0 Å². The number of nitrogens with zero attached hydrogens (tertiary/aromatic N) is 3. The summed E-state index contributed by atoms with van der Waals surface area (Å²) in [5.74, 6) is 1.04. The third-order valence-corrected chi connectivity index (χ3v) is 3.86. The maximum Gasteiger partial charge on any atom is 0.138 e. The lowest BCUT2D eigenvalue weighted by Crippen LogP contribution is -2.21. The van der Waals surface area contributed by atoms with Crippen LogP contribution in [0.1, 0.15) is 30.8 Å². The summed E-state index contributed by atoms with van der Waals surface area (Å²) in [6, 6.07) is 8.89. The third kappa shape index (κ3) is 3.76. The molecule has 1 aromatic carbocycles. The van der Waals surface area contributed by atoms with E-state index in [-0.39, 0.29) is 6.04 Å². The standard InChI is InChI=1S/C14H19IN4/c1-3-8-19-14(17-10-18-19)9-13(16-2)11-4-6-12(15)7-5-11/h4-7,10,13,16H,3,8-9H2,1-2H3. The number of nitrogens with one attached hydrogen (secondary N) is 1. The highest BCUT2D eigenvalue weighted by molar-refractivity contribution is 14.1. The van der Waals surface area contributed by atoms with Crippen LogP contribution in [0.15, 0.2) is 30.6 Å². The van der Waals surface area contributed by atoms with Crippen LogP contribution in [-0.2, 0) is 13.0 Å². The van der Waals surface area contributed by atoms with Crippen LogP contribution in [0.3, 0.4) is 0 Å². The van der Waals surface area contributed by atoms with E-state index >= 15 is 0 Å². The van der Waals surface area contributed by atoms with E-state index in [1.165, 1.54) is 9.13 Å². The smallest absolute Gasteiger partial charge is 0.138 e. The van der Waals surface area contributed by atoms with Gasteiger partial charge in [-0.3, -0.25) is 4.68 Å². The number of likely N-dealkylation sites (N-methyl/N-ethyl adjacent to an activating group) is 1. The first-order chi connectivity index (χ1) is 9.24. The Labute approximate surface area is 127 Å². The van der Waals surface area contributed by atoms with Gasteiger partial charge >= 0.3 is 0 Å². The SMILES string of the molecule is CCCn1ncnc1CC(NC)c1ccc(I)cc1. The average molecular weight is 370 g/mol. The van der Waals surface area contributed by atoms with E-state index in [1.807, 2.05) is 11.7 Å². The number of halogens is 1. The van der Waals surface area contributed by atoms with Crippen LogP contribution in [0.5, 0.6) is 0 Å². The van der Waals surface area contributed by atoms with Crippen molar-refractivity contribution in [2.24, 2.45) is 0 Å². The Hall–Kier alpha value is -0.950. The first-order valence-corrected chi connectivity index (χ1v) is 7.62. The van der Waals surface area contributed by atoms with Crippen molar-refractivity contribution < 1.29 is 0 Å². The minimum atomic E-state index is 0.275. The molecule has 2 aromatic rings. The minimum Gasteiger partial charge on any atom is -0.313 e. The Bertz CT molecular complexity index is 506. The van der Waals surface area contributed by atoms with E-state index in [4.69, 9.17) is 0 Å². The van der Waals surface area contributed by atoms with Gasteiger partial charge in [0.1, 0.15) is 12.2 Å². The number of aryl methyl sites for hydroxylation is 1. The fourth-order valence-electron chi connectivity index (χ4n) is 2.11. The third-order valence-electron chi connectivity index (χ3n) is 3.14. The molecule has 1 unspecified atom stereocenters. The van der Waals surface area contributed by atoms with Crippen molar-refractivity contribution in [1.29, 1.82) is 0 Å². The van der Waals surface area contributed by atoms with Gasteiger partial charge in [-0.1, -0.05) is 19.1 Å². The highest BCUT2D eigenvalue weighted by Gasteiger charge is 2.14. The van der Waals surface area contributed by atoms with Gasteiger partial charge in [0, 0.05) is 22.6 Å². The molecule has 0 fully saturated rings. The molecule has 19 heavy (non-hydrogen) atoms. The van der Waals surface area contributed by atoms with Gasteiger partial charge in [-0.2, -0.15) is 5.10 Å². The van der Waals surface area contributed by atoms with E-state index in [0.717, 1.165) is 25.2 Å². The fraction of sp³-hybridized carbons (Fsp3) is 0.429. The lowest BCUT2D eigenvalue weighted by atomic mass is 10.0. The van der Waals surface area contributed by atoms with Crippen molar-refractivity contribution in [2.75, 3.05) is 7.05 Å². The van der Waals surface area contributed by atoms with Crippen molar-refractivity contribution in [1.82, 2.24) is 20.1 Å². The second kappa shape index (κ2) is 7.00. The normalized spacial score (nSPS) is 12.6. The Balaban J connectivity index is 2.14. The van der Waals surface area contributed by atoms with E-state index in [1.54, 1.807) is 6.33 Å².